The van der Waals surface area contributed by atoms with Gasteiger partial charge in [0.25, 0.3) is 0 Å². The molecule has 110 valence electrons. The summed E-state index contributed by atoms with van der Waals surface area (Å²) in [6.45, 7) is 15.4. The Hall–Kier alpha value is 0.150. The molecule has 0 aliphatic heterocycles. The van der Waals surface area contributed by atoms with Crippen LogP contribution in [0.1, 0.15) is 61.3 Å². The lowest BCUT2D eigenvalue weighted by molar-refractivity contribution is 0.123. The number of rotatable bonds is 7. The van der Waals surface area contributed by atoms with Crippen molar-refractivity contribution >= 4 is 7.60 Å². The Bertz CT molecular complexity index is 252. The van der Waals surface area contributed by atoms with Crippen molar-refractivity contribution in [2.75, 3.05) is 19.4 Å². The van der Waals surface area contributed by atoms with Gasteiger partial charge in [-0.3, -0.25) is 4.57 Å². The number of hydrogen-bond acceptors (Lipinski definition) is 3. The highest BCUT2D eigenvalue weighted by Gasteiger charge is 2.28. The van der Waals surface area contributed by atoms with E-state index in [2.05, 4.69) is 48.5 Å². The minimum Gasteiger partial charge on any atom is -0.308 e. The summed E-state index contributed by atoms with van der Waals surface area (Å²) >= 11 is 0. The Morgan fingerprint density at radius 1 is 0.889 bits per heavy atom. The molecule has 0 bridgehead atoms. The third-order valence-corrected chi connectivity index (χ3v) is 4.08. The smallest absolute Gasteiger partial charge is 0.308 e. The van der Waals surface area contributed by atoms with Crippen LogP contribution >= 0.6 is 7.60 Å². The fourth-order valence-electron chi connectivity index (χ4n) is 1.10. The molecule has 0 rings (SSSR count). The predicted molar refractivity (Wildman–Crippen MR) is 78.2 cm³/mol. The molecule has 0 heterocycles. The summed E-state index contributed by atoms with van der Waals surface area (Å²) < 4.78 is 23.9. The van der Waals surface area contributed by atoms with Crippen LogP contribution in [-0.2, 0) is 13.6 Å². The average Bonchev–Trinajstić information content (AvgIpc) is 2.19. The first-order chi connectivity index (χ1) is 7.97. The van der Waals surface area contributed by atoms with Crippen LogP contribution in [0.15, 0.2) is 0 Å². The van der Waals surface area contributed by atoms with Gasteiger partial charge in [-0.25, -0.2) is 0 Å². The predicted octanol–water partition coefficient (Wildman–Crippen LogP) is 5.11. The molecule has 0 fully saturated rings. The van der Waals surface area contributed by atoms with Crippen molar-refractivity contribution in [3.63, 3.8) is 0 Å². The van der Waals surface area contributed by atoms with E-state index in [1.54, 1.807) is 0 Å². The van der Waals surface area contributed by atoms with Gasteiger partial charge in [0.05, 0.1) is 19.4 Å². The molecule has 0 aliphatic carbocycles. The maximum atomic E-state index is 12.6. The van der Waals surface area contributed by atoms with Crippen LogP contribution < -0.4 is 0 Å². The van der Waals surface area contributed by atoms with Crippen LogP contribution in [0.5, 0.6) is 0 Å². The minimum absolute atomic E-state index is 0.00691. The Morgan fingerprint density at radius 3 is 1.56 bits per heavy atom. The molecule has 4 heteroatoms. The molecule has 3 nitrogen and oxygen atoms in total. The van der Waals surface area contributed by atoms with Gasteiger partial charge in [0.1, 0.15) is 0 Å². The molecule has 0 aromatic heterocycles. The van der Waals surface area contributed by atoms with E-state index in [-0.39, 0.29) is 10.8 Å². The zero-order chi connectivity index (χ0) is 14.4. The number of hydrogen-bond donors (Lipinski definition) is 0. The van der Waals surface area contributed by atoms with E-state index in [1.807, 2.05) is 0 Å². The van der Waals surface area contributed by atoms with Crippen molar-refractivity contribution in [2.24, 2.45) is 10.8 Å². The van der Waals surface area contributed by atoms with Gasteiger partial charge in [0, 0.05) is 0 Å². The second kappa shape index (κ2) is 7.07. The van der Waals surface area contributed by atoms with E-state index in [9.17, 15) is 4.57 Å². The molecule has 0 radical (unpaired) electrons. The third kappa shape index (κ3) is 10.1. The van der Waals surface area contributed by atoms with E-state index in [1.165, 1.54) is 0 Å². The molecule has 0 aromatic carbocycles. The normalized spacial score (nSPS) is 13.9. The Labute approximate surface area is 113 Å². The van der Waals surface area contributed by atoms with E-state index < -0.39 is 7.60 Å². The highest BCUT2D eigenvalue weighted by Crippen LogP contribution is 2.51. The average molecular weight is 278 g/mol. The van der Waals surface area contributed by atoms with Crippen molar-refractivity contribution in [3.05, 3.63) is 0 Å². The summed E-state index contributed by atoms with van der Waals surface area (Å²) in [5, 5.41) is 0. The van der Waals surface area contributed by atoms with E-state index >= 15 is 0 Å². The number of unbranched alkanes of at least 4 members (excludes halogenated alkanes) is 1. The fourth-order valence-corrected chi connectivity index (χ4v) is 3.31. The lowest BCUT2D eigenvalue weighted by Gasteiger charge is -2.27. The van der Waals surface area contributed by atoms with E-state index in [0.29, 0.717) is 19.4 Å². The summed E-state index contributed by atoms with van der Waals surface area (Å²) in [6.07, 6.45) is 2.41. The monoisotopic (exact) mass is 278 g/mol. The largest absolute Gasteiger partial charge is 0.330 e. The molecule has 0 saturated heterocycles. The van der Waals surface area contributed by atoms with Gasteiger partial charge in [-0.05, 0) is 17.3 Å². The lowest BCUT2D eigenvalue weighted by Crippen LogP contribution is -2.18. The van der Waals surface area contributed by atoms with Crippen molar-refractivity contribution in [1.82, 2.24) is 0 Å². The second-order valence-electron chi connectivity index (χ2n) is 7.36. The van der Waals surface area contributed by atoms with Crippen LogP contribution in [0, 0.1) is 10.8 Å². The van der Waals surface area contributed by atoms with E-state index in [4.69, 9.17) is 9.05 Å². The molecule has 0 unspecified atom stereocenters. The third-order valence-electron chi connectivity index (χ3n) is 2.17. The van der Waals surface area contributed by atoms with Crippen LogP contribution in [0.2, 0.25) is 0 Å². The van der Waals surface area contributed by atoms with Gasteiger partial charge in [-0.1, -0.05) is 54.9 Å². The molecule has 0 amide bonds. The SMILES string of the molecule is CCCCP(=O)(OCC(C)(C)C)OCC(C)(C)C. The first-order valence-electron chi connectivity index (χ1n) is 6.86. The van der Waals surface area contributed by atoms with Crippen molar-refractivity contribution in [1.29, 1.82) is 0 Å². The van der Waals surface area contributed by atoms with Crippen LogP contribution in [-0.4, -0.2) is 19.4 Å². The maximum absolute atomic E-state index is 12.6. The molecule has 0 atom stereocenters. The van der Waals surface area contributed by atoms with Gasteiger partial charge in [-0.15, -0.1) is 0 Å². The standard InChI is InChI=1S/C14H31O3P/c1-8-9-10-18(15,16-11-13(2,3)4)17-12-14(5,6)7/h8-12H2,1-7H3. The summed E-state index contributed by atoms with van der Waals surface area (Å²) in [5.41, 5.74) is 0.0138. The zero-order valence-corrected chi connectivity index (χ0v) is 14.1. The Balaban J connectivity index is 4.48. The lowest BCUT2D eigenvalue weighted by atomic mass is 9.99. The van der Waals surface area contributed by atoms with Crippen molar-refractivity contribution in [3.8, 4) is 0 Å². The molecule has 0 aliphatic rings. The first-order valence-corrected chi connectivity index (χ1v) is 8.58. The summed E-state index contributed by atoms with van der Waals surface area (Å²) in [4.78, 5) is 0. The zero-order valence-electron chi connectivity index (χ0n) is 13.2. The molecule has 0 spiro atoms. The molecule has 18 heavy (non-hydrogen) atoms. The fraction of sp³-hybridized carbons (Fsp3) is 1.00. The summed E-state index contributed by atoms with van der Waals surface area (Å²) in [7, 11) is -2.93. The van der Waals surface area contributed by atoms with Gasteiger partial charge in [-0.2, -0.15) is 0 Å². The molecular weight excluding hydrogens is 247 g/mol. The molecule has 0 aromatic rings. The summed E-state index contributed by atoms with van der Waals surface area (Å²) in [5.74, 6) is 0. The maximum Gasteiger partial charge on any atom is 0.330 e. The molecular formula is C14H31O3P. The van der Waals surface area contributed by atoms with E-state index in [0.717, 1.165) is 12.8 Å². The van der Waals surface area contributed by atoms with Crippen molar-refractivity contribution in [2.45, 2.75) is 61.3 Å². The first kappa shape index (κ1) is 18.1. The Kier molecular flexibility index (Phi) is 7.13. The van der Waals surface area contributed by atoms with Crippen LogP contribution in [0.4, 0.5) is 0 Å². The quantitative estimate of drug-likeness (QED) is 0.607. The highest BCUT2D eigenvalue weighted by molar-refractivity contribution is 7.53. The van der Waals surface area contributed by atoms with Gasteiger partial charge in [0.2, 0.25) is 0 Å². The van der Waals surface area contributed by atoms with Gasteiger partial charge < -0.3 is 9.05 Å². The Morgan fingerprint density at radius 2 is 1.28 bits per heavy atom. The van der Waals surface area contributed by atoms with Crippen LogP contribution in [0.25, 0.3) is 0 Å². The van der Waals surface area contributed by atoms with Crippen molar-refractivity contribution < 1.29 is 13.6 Å². The molecule has 0 saturated carbocycles. The van der Waals surface area contributed by atoms with Gasteiger partial charge in [0.15, 0.2) is 0 Å². The summed E-state index contributed by atoms with van der Waals surface area (Å²) in [6, 6.07) is 0. The highest BCUT2D eigenvalue weighted by atomic mass is 31.2. The molecule has 0 N–H and O–H groups in total. The second-order valence-corrected chi connectivity index (χ2v) is 9.54. The van der Waals surface area contributed by atoms with Gasteiger partial charge >= 0.3 is 7.60 Å². The minimum atomic E-state index is -2.93. The topological polar surface area (TPSA) is 35.5 Å². The van der Waals surface area contributed by atoms with Crippen LogP contribution in [0.3, 0.4) is 0 Å².